The Morgan fingerprint density at radius 3 is 2.65 bits per heavy atom. The Morgan fingerprint density at radius 1 is 1.15 bits per heavy atom. The Labute approximate surface area is 206 Å². The molecule has 0 aromatic heterocycles. The summed E-state index contributed by atoms with van der Waals surface area (Å²) in [7, 11) is 0. The molecule has 0 atom stereocenters. The van der Waals surface area contributed by atoms with Gasteiger partial charge in [-0.25, -0.2) is 0 Å². The van der Waals surface area contributed by atoms with Crippen molar-refractivity contribution in [1.29, 1.82) is 0 Å². The number of benzene rings is 2. The van der Waals surface area contributed by atoms with E-state index in [-0.39, 0.29) is 24.3 Å². The first-order valence-corrected chi connectivity index (χ1v) is 12.7. The number of rotatable bonds is 9. The Hall–Kier alpha value is -2.73. The van der Waals surface area contributed by atoms with E-state index in [9.17, 15) is 9.59 Å². The maximum absolute atomic E-state index is 12.9. The van der Waals surface area contributed by atoms with Crippen LogP contribution in [-0.4, -0.2) is 31.6 Å². The zero-order chi connectivity index (χ0) is 23.9. The maximum Gasteiger partial charge on any atom is 0.265 e. The lowest BCUT2D eigenvalue weighted by atomic mass is 9.79. The van der Waals surface area contributed by atoms with Crippen LogP contribution < -0.4 is 19.7 Å². The van der Waals surface area contributed by atoms with Gasteiger partial charge in [0.1, 0.15) is 18.1 Å². The second-order valence-corrected chi connectivity index (χ2v) is 9.60. The number of nitrogens with zero attached hydrogens (tertiary/aromatic N) is 1. The van der Waals surface area contributed by atoms with E-state index in [2.05, 4.69) is 12.2 Å². The highest BCUT2D eigenvalue weighted by Gasteiger charge is 2.28. The molecular formula is C27H33ClN2O4. The van der Waals surface area contributed by atoms with E-state index >= 15 is 0 Å². The first kappa shape index (κ1) is 24.4. The molecule has 182 valence electrons. The van der Waals surface area contributed by atoms with Gasteiger partial charge in [0.15, 0.2) is 6.61 Å². The Bertz CT molecular complexity index is 987. The third-order valence-electron chi connectivity index (χ3n) is 6.75. The zero-order valence-corrected chi connectivity index (χ0v) is 20.5. The van der Waals surface area contributed by atoms with Crippen LogP contribution in [0.2, 0.25) is 5.02 Å². The van der Waals surface area contributed by atoms with Crippen LogP contribution in [0.25, 0.3) is 0 Å². The average Bonchev–Trinajstić information content (AvgIpc) is 2.85. The summed E-state index contributed by atoms with van der Waals surface area (Å²) in [5, 5.41) is 3.71. The van der Waals surface area contributed by atoms with Crippen LogP contribution >= 0.6 is 11.6 Å². The van der Waals surface area contributed by atoms with Gasteiger partial charge in [0.25, 0.3) is 5.91 Å². The van der Waals surface area contributed by atoms with Gasteiger partial charge >= 0.3 is 0 Å². The Kier molecular flexibility index (Phi) is 8.33. The van der Waals surface area contributed by atoms with Crippen LogP contribution in [0.3, 0.4) is 0 Å². The number of amides is 2. The summed E-state index contributed by atoms with van der Waals surface area (Å²) in [6.07, 6.45) is 7.94. The van der Waals surface area contributed by atoms with Crippen molar-refractivity contribution < 1.29 is 19.1 Å². The maximum atomic E-state index is 12.9. The fourth-order valence-electron chi connectivity index (χ4n) is 4.76. The van der Waals surface area contributed by atoms with Crippen molar-refractivity contribution in [3.05, 3.63) is 47.5 Å². The van der Waals surface area contributed by atoms with Crippen molar-refractivity contribution >= 4 is 34.8 Å². The average molecular weight is 485 g/mol. The molecule has 1 heterocycles. The van der Waals surface area contributed by atoms with E-state index in [4.69, 9.17) is 21.1 Å². The topological polar surface area (TPSA) is 67.9 Å². The summed E-state index contributed by atoms with van der Waals surface area (Å²) in [6.45, 7) is 2.91. The molecule has 2 amide bonds. The number of hydrogen-bond acceptors (Lipinski definition) is 4. The van der Waals surface area contributed by atoms with E-state index in [1.165, 1.54) is 19.3 Å². The van der Waals surface area contributed by atoms with Crippen LogP contribution in [0, 0.1) is 11.8 Å². The highest BCUT2D eigenvalue weighted by Crippen LogP contribution is 2.36. The molecule has 1 fully saturated rings. The lowest BCUT2D eigenvalue weighted by Crippen LogP contribution is -2.41. The van der Waals surface area contributed by atoms with Crippen LogP contribution in [-0.2, 0) is 9.59 Å². The van der Waals surface area contributed by atoms with Gasteiger partial charge < -0.3 is 19.7 Å². The predicted molar refractivity (Wildman–Crippen MR) is 135 cm³/mol. The number of fused-ring (bicyclic) bond motifs is 1. The lowest BCUT2D eigenvalue weighted by molar-refractivity contribution is -0.121. The number of carbonyl (C=O) groups is 2. The Balaban J connectivity index is 1.35. The smallest absolute Gasteiger partial charge is 0.265 e. The fraction of sp³-hybridized carbons (Fsp3) is 0.481. The van der Waals surface area contributed by atoms with Crippen molar-refractivity contribution in [1.82, 2.24) is 0 Å². The normalized spacial score (nSPS) is 19.8. The van der Waals surface area contributed by atoms with Gasteiger partial charge in [0, 0.05) is 16.6 Å². The largest absolute Gasteiger partial charge is 0.492 e. The number of anilines is 2. The minimum atomic E-state index is -0.138. The summed E-state index contributed by atoms with van der Waals surface area (Å²) in [6, 6.07) is 12.6. The molecule has 6 nitrogen and oxygen atoms in total. The number of carbonyl (C=O) groups excluding carboxylic acids is 2. The van der Waals surface area contributed by atoms with Crippen molar-refractivity contribution in [3.8, 4) is 11.5 Å². The van der Waals surface area contributed by atoms with Crippen LogP contribution in [0.5, 0.6) is 11.5 Å². The van der Waals surface area contributed by atoms with Crippen molar-refractivity contribution in [2.45, 2.75) is 51.9 Å². The van der Waals surface area contributed by atoms with Gasteiger partial charge in [-0.15, -0.1) is 0 Å². The lowest BCUT2D eigenvalue weighted by Gasteiger charge is -2.30. The SMILES string of the molecule is CCCCC1CCC(C(=O)Nc2ccc3c(c2)N(CCOc2ccc(Cl)cc2)C(=O)CO3)CC1. The standard InChI is InChI=1S/C27H33ClN2O4/c1-2-3-4-19-5-7-20(8-6-19)27(32)29-22-11-14-25-24(17-22)30(26(31)18-34-25)15-16-33-23-12-9-21(28)10-13-23/h9-14,17,19-20H,2-8,15-16,18H2,1H3,(H,29,32). The monoisotopic (exact) mass is 484 g/mol. The summed E-state index contributed by atoms with van der Waals surface area (Å²) >= 11 is 5.92. The third-order valence-corrected chi connectivity index (χ3v) is 7.00. The molecule has 34 heavy (non-hydrogen) atoms. The summed E-state index contributed by atoms with van der Waals surface area (Å²) < 4.78 is 11.4. The number of halogens is 1. The van der Waals surface area contributed by atoms with Gasteiger partial charge in [-0.2, -0.15) is 0 Å². The molecule has 4 rings (SSSR count). The van der Waals surface area contributed by atoms with Crippen LogP contribution in [0.1, 0.15) is 51.9 Å². The Morgan fingerprint density at radius 2 is 1.91 bits per heavy atom. The zero-order valence-electron chi connectivity index (χ0n) is 19.7. The first-order valence-electron chi connectivity index (χ1n) is 12.3. The quantitative estimate of drug-likeness (QED) is 0.468. The molecule has 0 unspecified atom stereocenters. The van der Waals surface area contributed by atoms with E-state index in [1.54, 1.807) is 29.2 Å². The highest BCUT2D eigenvalue weighted by molar-refractivity contribution is 6.30. The number of nitrogens with one attached hydrogen (secondary N) is 1. The summed E-state index contributed by atoms with van der Waals surface area (Å²) in [5.41, 5.74) is 1.33. The molecule has 0 saturated heterocycles. The van der Waals surface area contributed by atoms with Crippen molar-refractivity contribution in [2.75, 3.05) is 30.0 Å². The van der Waals surface area contributed by atoms with Crippen molar-refractivity contribution in [3.63, 3.8) is 0 Å². The fourth-order valence-corrected chi connectivity index (χ4v) is 4.89. The predicted octanol–water partition coefficient (Wildman–Crippen LogP) is 6.08. The molecule has 7 heteroatoms. The van der Waals surface area contributed by atoms with Gasteiger partial charge in [0.2, 0.25) is 5.91 Å². The number of hydrogen-bond donors (Lipinski definition) is 1. The number of unbranched alkanes of at least 4 members (excludes halogenated alkanes) is 1. The van der Waals surface area contributed by atoms with Crippen molar-refractivity contribution in [2.24, 2.45) is 11.8 Å². The third kappa shape index (κ3) is 6.23. The van der Waals surface area contributed by atoms with E-state index < -0.39 is 0 Å². The van der Waals surface area contributed by atoms with Gasteiger partial charge in [-0.3, -0.25) is 9.59 Å². The first-order chi connectivity index (χ1) is 16.5. The minimum absolute atomic E-state index is 0.0130. The van der Waals surface area contributed by atoms with Crippen LogP contribution in [0.4, 0.5) is 11.4 Å². The molecule has 2 aliphatic rings. The molecule has 0 spiro atoms. The summed E-state index contributed by atoms with van der Waals surface area (Å²) in [5.74, 6) is 2.06. The van der Waals surface area contributed by atoms with Gasteiger partial charge in [0.05, 0.1) is 12.2 Å². The number of ether oxygens (including phenoxy) is 2. The summed E-state index contributed by atoms with van der Waals surface area (Å²) in [4.78, 5) is 27.1. The molecule has 1 N–H and O–H groups in total. The molecular weight excluding hydrogens is 452 g/mol. The second-order valence-electron chi connectivity index (χ2n) is 9.17. The van der Waals surface area contributed by atoms with Crippen LogP contribution in [0.15, 0.2) is 42.5 Å². The minimum Gasteiger partial charge on any atom is -0.492 e. The molecule has 0 bridgehead atoms. The van der Waals surface area contributed by atoms with E-state index in [0.29, 0.717) is 41.0 Å². The molecule has 2 aromatic rings. The van der Waals surface area contributed by atoms with Gasteiger partial charge in [-0.05, 0) is 74.1 Å². The highest BCUT2D eigenvalue weighted by atomic mass is 35.5. The molecule has 1 saturated carbocycles. The second kappa shape index (κ2) is 11.6. The molecule has 1 aliphatic carbocycles. The van der Waals surface area contributed by atoms with E-state index in [1.807, 2.05) is 18.2 Å². The molecule has 2 aromatic carbocycles. The molecule has 1 aliphatic heterocycles. The van der Waals surface area contributed by atoms with E-state index in [0.717, 1.165) is 31.6 Å². The molecule has 0 radical (unpaired) electrons. The van der Waals surface area contributed by atoms with Gasteiger partial charge in [-0.1, -0.05) is 37.8 Å².